The summed E-state index contributed by atoms with van der Waals surface area (Å²) in [7, 11) is -3.92. The van der Waals surface area contributed by atoms with Crippen LogP contribution in [-0.2, 0) is 10.0 Å². The number of fused-ring (bicyclic) bond motifs is 1. The minimum Gasteiger partial charge on any atom is -0.360 e. The number of pyridine rings is 1. The summed E-state index contributed by atoms with van der Waals surface area (Å²) in [6.07, 6.45) is 4.46. The number of nitrogens with one attached hydrogen (secondary N) is 3. The molecule has 0 radical (unpaired) electrons. The van der Waals surface area contributed by atoms with E-state index in [0.29, 0.717) is 23.0 Å². The number of aromatic amines is 1. The van der Waals surface area contributed by atoms with Crippen molar-refractivity contribution in [3.63, 3.8) is 0 Å². The maximum atomic E-state index is 13.2. The van der Waals surface area contributed by atoms with E-state index < -0.39 is 21.4 Å². The van der Waals surface area contributed by atoms with E-state index in [2.05, 4.69) is 28.9 Å². The zero-order valence-corrected chi connectivity index (χ0v) is 19.8. The van der Waals surface area contributed by atoms with Gasteiger partial charge in [0.15, 0.2) is 0 Å². The molecule has 3 aromatic rings. The molecule has 1 aliphatic carbocycles. The van der Waals surface area contributed by atoms with Gasteiger partial charge in [-0.25, -0.2) is 8.42 Å². The summed E-state index contributed by atoms with van der Waals surface area (Å²) in [5, 5.41) is 3.17. The van der Waals surface area contributed by atoms with Gasteiger partial charge in [-0.1, -0.05) is 44.9 Å². The molecule has 174 valence electrons. The summed E-state index contributed by atoms with van der Waals surface area (Å²) in [4.78, 5) is 29.0. The Hall–Kier alpha value is -3.13. The molecule has 0 unspecified atom stereocenters. The Morgan fingerprint density at radius 3 is 2.61 bits per heavy atom. The molecule has 7 nitrogen and oxygen atoms in total. The van der Waals surface area contributed by atoms with E-state index in [4.69, 9.17) is 0 Å². The van der Waals surface area contributed by atoms with E-state index in [9.17, 15) is 18.0 Å². The zero-order valence-electron chi connectivity index (χ0n) is 19.0. The Morgan fingerprint density at radius 2 is 1.85 bits per heavy atom. The molecular formula is C25H29N3O4S. The summed E-state index contributed by atoms with van der Waals surface area (Å²) < 4.78 is 28.5. The molecule has 1 aromatic heterocycles. The fourth-order valence-electron chi connectivity index (χ4n) is 4.46. The van der Waals surface area contributed by atoms with Gasteiger partial charge in [-0.3, -0.25) is 14.3 Å². The average Bonchev–Trinajstić information content (AvgIpc) is 2.78. The van der Waals surface area contributed by atoms with Crippen LogP contribution in [0.5, 0.6) is 0 Å². The van der Waals surface area contributed by atoms with Crippen molar-refractivity contribution in [1.29, 1.82) is 0 Å². The highest BCUT2D eigenvalue weighted by atomic mass is 32.2. The molecule has 1 heterocycles. The van der Waals surface area contributed by atoms with Gasteiger partial charge in [-0.05, 0) is 55.0 Å². The molecule has 1 fully saturated rings. The number of aryl methyl sites for hydroxylation is 1. The minimum absolute atomic E-state index is 0.0152. The number of benzene rings is 2. The lowest BCUT2D eigenvalue weighted by Gasteiger charge is -2.34. The van der Waals surface area contributed by atoms with Crippen molar-refractivity contribution in [1.82, 2.24) is 10.3 Å². The Morgan fingerprint density at radius 1 is 1.09 bits per heavy atom. The lowest BCUT2D eigenvalue weighted by molar-refractivity contribution is 0.0890. The number of para-hydroxylation sites is 1. The van der Waals surface area contributed by atoms with Gasteiger partial charge in [0.2, 0.25) is 5.43 Å². The highest BCUT2D eigenvalue weighted by Crippen LogP contribution is 2.29. The van der Waals surface area contributed by atoms with Crippen LogP contribution in [0.4, 0.5) is 5.69 Å². The molecule has 33 heavy (non-hydrogen) atoms. The van der Waals surface area contributed by atoms with Gasteiger partial charge in [-0.2, -0.15) is 0 Å². The minimum atomic E-state index is -3.92. The SMILES string of the molecule is Cc1ccccc1NS(=O)(=O)c1ccc2[nH]cc(C(=O)N[C@@H]3CCC[C@H](C)[C@H]3C)c(=O)c2c1. The number of sulfonamides is 1. The van der Waals surface area contributed by atoms with Crippen molar-refractivity contribution < 1.29 is 13.2 Å². The fourth-order valence-corrected chi connectivity index (χ4v) is 5.61. The van der Waals surface area contributed by atoms with Gasteiger partial charge in [0.25, 0.3) is 15.9 Å². The maximum Gasteiger partial charge on any atom is 0.261 e. The third-order valence-electron chi connectivity index (χ3n) is 6.82. The van der Waals surface area contributed by atoms with E-state index in [1.54, 1.807) is 12.1 Å². The van der Waals surface area contributed by atoms with Crippen molar-refractivity contribution in [2.75, 3.05) is 4.72 Å². The Balaban J connectivity index is 1.65. The molecule has 3 N–H and O–H groups in total. The molecule has 4 rings (SSSR count). The van der Waals surface area contributed by atoms with Crippen molar-refractivity contribution in [3.8, 4) is 0 Å². The molecule has 8 heteroatoms. The number of anilines is 1. The van der Waals surface area contributed by atoms with Crippen molar-refractivity contribution in [2.24, 2.45) is 11.8 Å². The summed E-state index contributed by atoms with van der Waals surface area (Å²) in [5.41, 5.74) is 1.20. The van der Waals surface area contributed by atoms with Crippen LogP contribution in [-0.4, -0.2) is 25.4 Å². The number of carbonyl (C=O) groups excluding carboxylic acids is 1. The number of rotatable bonds is 5. The van der Waals surface area contributed by atoms with E-state index in [1.807, 2.05) is 19.1 Å². The second kappa shape index (κ2) is 9.02. The molecule has 1 saturated carbocycles. The highest BCUT2D eigenvalue weighted by molar-refractivity contribution is 7.92. The third-order valence-corrected chi connectivity index (χ3v) is 8.18. The summed E-state index contributed by atoms with van der Waals surface area (Å²) >= 11 is 0. The molecule has 3 atom stereocenters. The van der Waals surface area contributed by atoms with E-state index >= 15 is 0 Å². The van der Waals surface area contributed by atoms with Gasteiger partial charge >= 0.3 is 0 Å². The van der Waals surface area contributed by atoms with Crippen LogP contribution in [0.15, 0.2) is 58.4 Å². The van der Waals surface area contributed by atoms with Crippen molar-refractivity contribution in [3.05, 3.63) is 70.0 Å². The average molecular weight is 468 g/mol. The van der Waals surface area contributed by atoms with Gasteiger partial charge in [0.05, 0.1) is 10.6 Å². The van der Waals surface area contributed by atoms with Crippen molar-refractivity contribution >= 4 is 32.5 Å². The predicted octanol–water partition coefficient (Wildman–Crippen LogP) is 4.19. The van der Waals surface area contributed by atoms with Crippen LogP contribution in [0.1, 0.15) is 49.0 Å². The Kier molecular flexibility index (Phi) is 6.30. The first-order chi connectivity index (χ1) is 15.7. The number of carbonyl (C=O) groups is 1. The Labute approximate surface area is 193 Å². The largest absolute Gasteiger partial charge is 0.360 e. The van der Waals surface area contributed by atoms with E-state index in [1.165, 1.54) is 24.4 Å². The number of hydrogen-bond acceptors (Lipinski definition) is 4. The topological polar surface area (TPSA) is 108 Å². The molecule has 0 bridgehead atoms. The standard InChI is InChI=1S/C25H29N3O4S/c1-15-8-6-10-22(17(15)3)27-25(30)20-14-26-23-12-11-18(13-19(23)24(20)29)33(31,32)28-21-9-5-4-7-16(21)2/h4-5,7,9,11-15,17,22,28H,6,8,10H2,1-3H3,(H,26,29)(H,27,30)/t15-,17+,22+/m0/s1. The quantitative estimate of drug-likeness (QED) is 0.523. The number of H-pyrrole nitrogens is 1. The first-order valence-electron chi connectivity index (χ1n) is 11.2. The smallest absolute Gasteiger partial charge is 0.261 e. The van der Waals surface area contributed by atoms with Gasteiger partial charge in [0, 0.05) is 23.1 Å². The number of aromatic nitrogens is 1. The zero-order chi connectivity index (χ0) is 23.8. The first kappa shape index (κ1) is 23.0. The van der Waals surface area contributed by atoms with Crippen LogP contribution in [0.2, 0.25) is 0 Å². The van der Waals surface area contributed by atoms with Gasteiger partial charge < -0.3 is 10.3 Å². The summed E-state index contributed by atoms with van der Waals surface area (Å²) in [5.74, 6) is 0.398. The molecular weight excluding hydrogens is 438 g/mol. The third kappa shape index (κ3) is 4.66. The molecule has 1 amide bonds. The normalized spacial score (nSPS) is 21.0. The molecule has 0 spiro atoms. The lowest BCUT2D eigenvalue weighted by atomic mass is 9.78. The van der Waals surface area contributed by atoms with E-state index in [0.717, 1.165) is 24.8 Å². The molecule has 0 aliphatic heterocycles. The van der Waals surface area contributed by atoms with Crippen LogP contribution >= 0.6 is 0 Å². The number of amides is 1. The summed E-state index contributed by atoms with van der Waals surface area (Å²) in [6.45, 7) is 6.11. The maximum absolute atomic E-state index is 13.2. The molecule has 1 aliphatic rings. The fraction of sp³-hybridized carbons (Fsp3) is 0.360. The molecule has 0 saturated heterocycles. The van der Waals surface area contributed by atoms with Gasteiger partial charge in [-0.15, -0.1) is 0 Å². The lowest BCUT2D eigenvalue weighted by Crippen LogP contribution is -2.44. The van der Waals surface area contributed by atoms with Crippen LogP contribution in [0, 0.1) is 18.8 Å². The second-order valence-electron chi connectivity index (χ2n) is 9.01. The van der Waals surface area contributed by atoms with Gasteiger partial charge in [0.1, 0.15) is 5.56 Å². The highest BCUT2D eigenvalue weighted by Gasteiger charge is 2.29. The Bertz CT molecular complexity index is 1360. The van der Waals surface area contributed by atoms with E-state index in [-0.39, 0.29) is 21.9 Å². The van der Waals surface area contributed by atoms with Crippen LogP contribution in [0.25, 0.3) is 10.9 Å². The summed E-state index contributed by atoms with van der Waals surface area (Å²) in [6, 6.07) is 11.4. The molecule has 2 aromatic carbocycles. The van der Waals surface area contributed by atoms with Crippen LogP contribution in [0.3, 0.4) is 0 Å². The van der Waals surface area contributed by atoms with Crippen molar-refractivity contribution in [2.45, 2.75) is 51.0 Å². The number of hydrogen-bond donors (Lipinski definition) is 3. The predicted molar refractivity (Wildman–Crippen MR) is 130 cm³/mol. The van der Waals surface area contributed by atoms with Crippen LogP contribution < -0.4 is 15.5 Å². The monoisotopic (exact) mass is 467 g/mol. The second-order valence-corrected chi connectivity index (χ2v) is 10.7. The first-order valence-corrected chi connectivity index (χ1v) is 12.7.